The minimum Gasteiger partial charge on any atom is -0.480 e. The number of hydrogen-bond donors (Lipinski definition) is 1. The van der Waals surface area contributed by atoms with Crippen LogP contribution in [0.3, 0.4) is 0 Å². The van der Waals surface area contributed by atoms with E-state index in [0.29, 0.717) is 10.7 Å². The number of esters is 1. The van der Waals surface area contributed by atoms with Gasteiger partial charge in [-0.05, 0) is 76.3 Å². The summed E-state index contributed by atoms with van der Waals surface area (Å²) in [4.78, 5) is 16.8. The van der Waals surface area contributed by atoms with Crippen LogP contribution in [0.15, 0.2) is 30.3 Å². The number of aromatic nitrogens is 1. The molecule has 0 radical (unpaired) electrons. The van der Waals surface area contributed by atoms with Crippen LogP contribution < -0.4 is 14.8 Å². The van der Waals surface area contributed by atoms with Crippen molar-refractivity contribution in [2.45, 2.75) is 60.0 Å². The molecule has 32 heavy (non-hydrogen) atoms. The Bertz CT molecular complexity index is 1270. The van der Waals surface area contributed by atoms with Gasteiger partial charge in [-0.1, -0.05) is 30.4 Å². The number of carbonyl (C=O) groups excluding carboxylic acids is 1. The van der Waals surface area contributed by atoms with E-state index >= 15 is 0 Å². The Kier molecular flexibility index (Phi) is 5.67. The van der Waals surface area contributed by atoms with E-state index in [4.69, 9.17) is 21.7 Å². The van der Waals surface area contributed by atoms with Gasteiger partial charge in [-0.3, -0.25) is 9.78 Å². The number of nitrogens with one attached hydrogen (secondary N) is 1. The highest BCUT2D eigenvalue weighted by atomic mass is 32.1. The fourth-order valence-electron chi connectivity index (χ4n) is 4.36. The maximum Gasteiger partial charge on any atom is 0.308 e. The molecule has 0 saturated carbocycles. The van der Waals surface area contributed by atoms with Crippen molar-refractivity contribution in [1.29, 1.82) is 0 Å². The van der Waals surface area contributed by atoms with E-state index in [1.165, 1.54) is 6.92 Å². The third-order valence-electron chi connectivity index (χ3n) is 6.31. The van der Waals surface area contributed by atoms with Gasteiger partial charge in [-0.15, -0.1) is 0 Å². The van der Waals surface area contributed by atoms with E-state index in [-0.39, 0.29) is 5.97 Å². The van der Waals surface area contributed by atoms with Crippen LogP contribution in [0.2, 0.25) is 0 Å². The van der Waals surface area contributed by atoms with Crippen LogP contribution >= 0.6 is 12.2 Å². The van der Waals surface area contributed by atoms with Crippen molar-refractivity contribution in [2.75, 3.05) is 5.32 Å². The van der Waals surface area contributed by atoms with Gasteiger partial charge in [0.15, 0.2) is 5.60 Å². The second kappa shape index (κ2) is 8.17. The molecule has 1 atom stereocenters. The van der Waals surface area contributed by atoms with Crippen LogP contribution in [0.25, 0.3) is 10.9 Å². The Morgan fingerprint density at radius 1 is 1.16 bits per heavy atom. The highest BCUT2D eigenvalue weighted by Gasteiger charge is 2.38. The SMILES string of the molecule is CC(=O)Oc1c(C)c(C)c2c(c1C)CCC(C)(C(=S)Nc1cc(C)nc3ccccc13)O2. The Balaban J connectivity index is 1.68. The van der Waals surface area contributed by atoms with Crippen LogP contribution in [-0.2, 0) is 11.2 Å². The molecule has 1 unspecified atom stereocenters. The summed E-state index contributed by atoms with van der Waals surface area (Å²) in [5, 5.41) is 4.47. The van der Waals surface area contributed by atoms with Crippen LogP contribution in [0.1, 0.15) is 48.2 Å². The molecule has 1 N–H and O–H groups in total. The molecule has 2 aromatic carbocycles. The fourth-order valence-corrected chi connectivity index (χ4v) is 4.61. The Hall–Kier alpha value is -2.99. The van der Waals surface area contributed by atoms with Crippen molar-refractivity contribution in [3.63, 3.8) is 0 Å². The van der Waals surface area contributed by atoms with E-state index in [0.717, 1.165) is 63.1 Å². The van der Waals surface area contributed by atoms with Gasteiger partial charge < -0.3 is 14.8 Å². The van der Waals surface area contributed by atoms with Gasteiger partial charge in [0, 0.05) is 23.6 Å². The number of hydrogen-bond acceptors (Lipinski definition) is 5. The van der Waals surface area contributed by atoms with Crippen LogP contribution in [0, 0.1) is 27.7 Å². The molecule has 0 spiro atoms. The lowest BCUT2D eigenvalue weighted by molar-refractivity contribution is -0.132. The van der Waals surface area contributed by atoms with Gasteiger partial charge in [0.05, 0.1) is 11.2 Å². The third kappa shape index (κ3) is 3.84. The van der Waals surface area contributed by atoms with Gasteiger partial charge in [0.1, 0.15) is 16.5 Å². The topological polar surface area (TPSA) is 60.5 Å². The van der Waals surface area contributed by atoms with Crippen LogP contribution in [0.5, 0.6) is 11.5 Å². The maximum atomic E-state index is 11.6. The molecule has 3 aromatic rings. The van der Waals surface area contributed by atoms with Crippen molar-refractivity contribution in [3.05, 3.63) is 58.3 Å². The normalized spacial score (nSPS) is 17.4. The van der Waals surface area contributed by atoms with Crippen molar-refractivity contribution in [1.82, 2.24) is 4.98 Å². The summed E-state index contributed by atoms with van der Waals surface area (Å²) in [6, 6.07) is 10.0. The maximum absolute atomic E-state index is 11.6. The van der Waals surface area contributed by atoms with Crippen molar-refractivity contribution in [2.24, 2.45) is 0 Å². The number of thiocarbonyl (C=S) groups is 1. The summed E-state index contributed by atoms with van der Waals surface area (Å²) < 4.78 is 12.1. The molecule has 5 nitrogen and oxygen atoms in total. The highest BCUT2D eigenvalue weighted by molar-refractivity contribution is 7.80. The number of benzene rings is 2. The number of rotatable bonds is 3. The molecule has 166 valence electrons. The standard InChI is InChI=1S/C26H28N2O3S/c1-14-13-22(20-9-7-8-10-21(20)27-14)28-25(32)26(6)12-11-19-17(4)23(30-18(5)29)15(2)16(3)24(19)31-26/h7-10,13H,11-12H2,1-6H3,(H,27,28,32). The number of ether oxygens (including phenoxy) is 2. The number of aryl methyl sites for hydroxylation is 1. The van der Waals surface area contributed by atoms with E-state index in [1.54, 1.807) is 0 Å². The molecule has 6 heteroatoms. The predicted molar refractivity (Wildman–Crippen MR) is 132 cm³/mol. The van der Waals surface area contributed by atoms with Crippen LogP contribution in [0.4, 0.5) is 5.69 Å². The van der Waals surface area contributed by atoms with Gasteiger partial charge >= 0.3 is 5.97 Å². The van der Waals surface area contributed by atoms with E-state index in [1.807, 2.05) is 65.0 Å². The summed E-state index contributed by atoms with van der Waals surface area (Å²) in [5.41, 5.74) is 6.05. The first-order chi connectivity index (χ1) is 15.1. The summed E-state index contributed by atoms with van der Waals surface area (Å²) in [6.45, 7) is 11.4. The first-order valence-corrected chi connectivity index (χ1v) is 11.2. The van der Waals surface area contributed by atoms with Crippen molar-refractivity contribution in [3.8, 4) is 11.5 Å². The van der Waals surface area contributed by atoms with Gasteiger partial charge in [-0.25, -0.2) is 0 Å². The van der Waals surface area contributed by atoms with Crippen LogP contribution in [-0.4, -0.2) is 21.5 Å². The summed E-state index contributed by atoms with van der Waals surface area (Å²) in [5.74, 6) is 1.16. The molecule has 2 heterocycles. The molecule has 0 aliphatic carbocycles. The second-order valence-electron chi connectivity index (χ2n) is 8.72. The quantitative estimate of drug-likeness (QED) is 0.305. The van der Waals surface area contributed by atoms with Gasteiger partial charge in [0.25, 0.3) is 0 Å². The van der Waals surface area contributed by atoms with E-state index < -0.39 is 5.60 Å². The average molecular weight is 449 g/mol. The molecular weight excluding hydrogens is 420 g/mol. The lowest BCUT2D eigenvalue weighted by atomic mass is 9.87. The first kappa shape index (κ1) is 22.2. The lowest BCUT2D eigenvalue weighted by Gasteiger charge is -2.38. The molecule has 0 fully saturated rings. The van der Waals surface area contributed by atoms with Crippen molar-refractivity contribution < 1.29 is 14.3 Å². The van der Waals surface area contributed by atoms with Gasteiger partial charge in [-0.2, -0.15) is 0 Å². The lowest BCUT2D eigenvalue weighted by Crippen LogP contribution is -2.47. The summed E-state index contributed by atoms with van der Waals surface area (Å²) >= 11 is 5.87. The molecule has 4 rings (SSSR count). The monoisotopic (exact) mass is 448 g/mol. The summed E-state index contributed by atoms with van der Waals surface area (Å²) in [7, 11) is 0. The second-order valence-corrected chi connectivity index (χ2v) is 9.13. The number of pyridine rings is 1. The molecule has 1 aliphatic heterocycles. The number of carbonyl (C=O) groups is 1. The van der Waals surface area contributed by atoms with E-state index in [9.17, 15) is 4.79 Å². The van der Waals surface area contributed by atoms with E-state index in [2.05, 4.69) is 10.3 Å². The molecule has 0 amide bonds. The molecule has 1 aliphatic rings. The molecule has 1 aromatic heterocycles. The average Bonchev–Trinajstić information content (AvgIpc) is 2.74. The minimum absolute atomic E-state index is 0.317. The fraction of sp³-hybridized carbons (Fsp3) is 0.346. The molecule has 0 saturated heterocycles. The highest BCUT2D eigenvalue weighted by Crippen LogP contribution is 2.44. The minimum atomic E-state index is -0.660. The van der Waals surface area contributed by atoms with Gasteiger partial charge in [0.2, 0.25) is 0 Å². The number of para-hydroxylation sites is 1. The zero-order valence-electron chi connectivity index (χ0n) is 19.4. The summed E-state index contributed by atoms with van der Waals surface area (Å²) in [6.07, 6.45) is 1.50. The zero-order valence-corrected chi connectivity index (χ0v) is 20.2. The number of nitrogens with zero attached hydrogens (tertiary/aromatic N) is 1. The molecule has 0 bridgehead atoms. The third-order valence-corrected chi connectivity index (χ3v) is 6.84. The Morgan fingerprint density at radius 2 is 1.88 bits per heavy atom. The van der Waals surface area contributed by atoms with Crippen molar-refractivity contribution >= 4 is 39.8 Å². The predicted octanol–water partition coefficient (Wildman–Crippen LogP) is 5.92. The first-order valence-electron chi connectivity index (χ1n) is 10.8. The smallest absolute Gasteiger partial charge is 0.308 e. The molecular formula is C26H28N2O3S. The Labute approximate surface area is 194 Å². The largest absolute Gasteiger partial charge is 0.480 e. The number of anilines is 1. The Morgan fingerprint density at radius 3 is 2.59 bits per heavy atom. The number of fused-ring (bicyclic) bond motifs is 2. The zero-order chi connectivity index (χ0) is 23.2.